The molecular weight excluding hydrogens is 1660 g/mol. The topological polar surface area (TPSA) is 288 Å². The minimum absolute atomic E-state index is 0.119. The first-order chi connectivity index (χ1) is 68.7. The maximum atomic E-state index is 12.5. The number of carbonyl (C=O) groups excluding carboxylic acids is 2. The van der Waals surface area contributed by atoms with Gasteiger partial charge in [0.05, 0.1) is 60.6 Å². The van der Waals surface area contributed by atoms with E-state index in [0.717, 1.165) is 69.6 Å². The molecule has 2 atom stereocenters. The number of hydrogen-bond acceptors (Lipinski definition) is 24. The van der Waals surface area contributed by atoms with Crippen LogP contribution in [0.2, 0.25) is 0 Å². The van der Waals surface area contributed by atoms with Gasteiger partial charge in [-0.1, -0.05) is 144 Å². The third-order valence-corrected chi connectivity index (χ3v) is 23.0. The largest absolute Gasteiger partial charge is 0.510 e. The van der Waals surface area contributed by atoms with E-state index in [1.54, 1.807) is 110 Å². The van der Waals surface area contributed by atoms with Crippen LogP contribution in [-0.2, 0) is 35.9 Å². The molecule has 0 saturated heterocycles. The fraction of sp³-hybridized carbons (Fsp3) is 0.312. The second-order valence-corrected chi connectivity index (χ2v) is 32.2. The van der Waals surface area contributed by atoms with Crippen molar-refractivity contribution in [3.05, 3.63) is 263 Å². The molecular formula is C96H94N18O8S4. The molecule has 126 heavy (non-hydrogen) atoms. The Morgan fingerprint density at radius 1 is 0.421 bits per heavy atom. The van der Waals surface area contributed by atoms with E-state index in [4.69, 9.17) is 53.1 Å². The average Bonchev–Trinajstić information content (AvgIpc) is 1.50. The van der Waals surface area contributed by atoms with Crippen LogP contribution < -0.4 is 29.6 Å². The second-order valence-electron chi connectivity index (χ2n) is 27.8. The molecule has 12 aromatic rings. The van der Waals surface area contributed by atoms with E-state index in [2.05, 4.69) is 143 Å². The molecule has 8 aromatic heterocycles. The summed E-state index contributed by atoms with van der Waals surface area (Å²) in [6.45, 7) is 7.18. The molecule has 0 radical (unpaired) electrons. The first kappa shape index (κ1) is 67.3. The lowest BCUT2D eigenvalue weighted by atomic mass is 10.1. The fourth-order valence-corrected chi connectivity index (χ4v) is 16.6. The Morgan fingerprint density at radius 3 is 1.02 bits per heavy atom. The molecule has 4 aliphatic rings. The molecule has 0 spiro atoms. The first-order valence-corrected chi connectivity index (χ1v) is 43.2. The predicted molar refractivity (Wildman–Crippen MR) is 486 cm³/mol. The molecule has 2 fully saturated rings. The Morgan fingerprint density at radius 2 is 0.730 bits per heavy atom. The summed E-state index contributed by atoms with van der Waals surface area (Å²) in [6.07, 6.45) is 0.767. The van der Waals surface area contributed by atoms with Crippen molar-refractivity contribution in [2.45, 2.75) is 185 Å². The summed E-state index contributed by atoms with van der Waals surface area (Å²) in [5.41, 5.74) is 8.53. The van der Waals surface area contributed by atoms with Crippen LogP contribution in [-0.4, -0.2) is 138 Å². The van der Waals surface area contributed by atoms with Crippen LogP contribution in [0.5, 0.6) is 23.0 Å². The molecule has 26 nitrogen and oxygen atoms in total. The average molecular weight is 1770 g/mol. The third kappa shape index (κ3) is 24.7. The van der Waals surface area contributed by atoms with E-state index in [1.165, 1.54) is 46.8 Å². The second kappa shape index (κ2) is 45.0. The summed E-state index contributed by atoms with van der Waals surface area (Å²) in [5, 5.41) is 35.8. The van der Waals surface area contributed by atoms with Crippen LogP contribution >= 0.6 is 47.0 Å². The number of carbonyl (C=O) groups is 2. The summed E-state index contributed by atoms with van der Waals surface area (Å²) < 4.78 is 193. The Kier molecular flexibility index (Phi) is 24.0. The molecule has 2 amide bonds. The zero-order chi connectivity index (χ0) is 103. The molecule has 640 valence electrons. The van der Waals surface area contributed by atoms with Crippen molar-refractivity contribution in [2.24, 2.45) is 0 Å². The number of benzene rings is 4. The lowest BCUT2D eigenvalue weighted by Gasteiger charge is -2.16. The molecule has 0 bridgehead atoms. The quantitative estimate of drug-likeness (QED) is 0.0262. The van der Waals surface area contributed by atoms with Crippen molar-refractivity contribution in [1.82, 2.24) is 89.6 Å². The fourth-order valence-electron chi connectivity index (χ4n) is 12.7. The molecule has 2 unspecified atom stereocenters. The molecule has 0 aliphatic heterocycles. The maximum absolute atomic E-state index is 12.5. The molecule has 2 saturated carbocycles. The number of pyridine rings is 4. The molecule has 2 N–H and O–H groups in total. The zero-order valence-electron chi connectivity index (χ0n) is 86.6. The van der Waals surface area contributed by atoms with Gasteiger partial charge in [0, 0.05) is 92.7 Å². The predicted octanol–water partition coefficient (Wildman–Crippen LogP) is 17.6. The van der Waals surface area contributed by atoms with Crippen LogP contribution in [0.4, 0.5) is 9.59 Å². The highest BCUT2D eigenvalue weighted by molar-refractivity contribution is 8.00. The minimum Gasteiger partial charge on any atom is -0.486 e. The van der Waals surface area contributed by atoms with Gasteiger partial charge in [0.2, 0.25) is 0 Å². The van der Waals surface area contributed by atoms with Crippen LogP contribution in [0.15, 0.2) is 216 Å². The maximum Gasteiger partial charge on any atom is 0.510 e. The Bertz CT molecular complexity index is 6570. The van der Waals surface area contributed by atoms with Gasteiger partial charge < -0.3 is 39.1 Å². The lowest BCUT2D eigenvalue weighted by molar-refractivity contribution is 0.0745. The van der Waals surface area contributed by atoms with Crippen LogP contribution in [0, 0.1) is 75.1 Å². The SMILES string of the molecule is Cc1cc(OCc2nnc(SC3C=CCCC3)n2-c2cccnc2)ccc1C#CCNC(=O)NCC#Cc1ccc(OCc2nnc(SC3C=CCCC3)n2-c2cccnc2)cc1C.[2H]C1([2H])C([2H])([2H])C([2H])([2H])C([2H])(Sc2nnc(COc3ccc(C#CCOC(=O)OCC#Cc4ccc(OCc5nnc(SC6([2H])C([2H])([2H])C([2H])([2H])C([2H])([2H])C6([2H])[2H])n5-c5cccnc5)cc4C)c(C)c3)n2-c2cccnc2)C1([2H])[2H]. The number of thioether (sulfide) groups is 4. The normalized spacial score (nSPS) is 20.4. The Labute approximate surface area is 775 Å². The van der Waals surface area contributed by atoms with E-state index >= 15 is 0 Å². The minimum atomic E-state index is -3.39. The van der Waals surface area contributed by atoms with E-state index < -0.39 is 67.6 Å². The standard InChI is InChI=1S/C49H48N10O3S2.C47H46N8O5S2/c1-35-29-41(61-33-45-54-56-48(63-43-17-5-3-6-18-43)58(45)39-15-11-25-50-31-39)23-21-37(35)13-9-27-52-47(60)53-28-10-14-38-22-24-42(30-36(38)2)62-34-46-55-57-49(64-44-19-7-4-8-20-44)59(46)40-16-12-26-51-32-40;1-33-27-39(59-31-43-50-52-45(61-41-15-3-4-16-41)54(43)37-13-7-23-48-29-37)21-19-35(33)11-9-25-57-47(56)58-26-10-12-36-20-22-40(28-34(36)2)60-32-44-51-53-46(62-42-17-5-6-18-42)55(44)38-14-8-24-49-30-38/h5,7,11-12,15-17,19,21-26,29-32,43-44H,3-4,6,8,18,20,27-28,33-34H2,1-2H3,(H2,52,53,60);7-8,13-14,19-24,27-30,41-42H,3-6,15-18,25-26,31-32H2,1-2H3/i;3D2,4D2,5D2,6D2,15D2,16D2,17D2,18D2,41D,42D. The van der Waals surface area contributed by atoms with E-state index in [0.29, 0.717) is 78.8 Å². The van der Waals surface area contributed by atoms with E-state index in [-0.39, 0.29) is 104 Å². The molecule has 16 rings (SSSR count). The van der Waals surface area contributed by atoms with Crippen LogP contribution in [0.25, 0.3) is 22.7 Å². The molecule has 30 heteroatoms. The number of rotatable bonds is 28. The van der Waals surface area contributed by atoms with Gasteiger partial charge in [-0.3, -0.25) is 38.2 Å². The highest BCUT2D eigenvalue weighted by Gasteiger charge is 2.27. The highest BCUT2D eigenvalue weighted by Crippen LogP contribution is 2.39. The molecule has 8 heterocycles. The van der Waals surface area contributed by atoms with E-state index in [1.807, 2.05) is 96.0 Å². The summed E-state index contributed by atoms with van der Waals surface area (Å²) in [5.74, 6) is 27.4. The summed E-state index contributed by atoms with van der Waals surface area (Å²) in [6, 6.07) is 35.2. The van der Waals surface area contributed by atoms with Gasteiger partial charge in [0.25, 0.3) is 0 Å². The van der Waals surface area contributed by atoms with Crippen molar-refractivity contribution in [2.75, 3.05) is 26.3 Å². The Balaban J connectivity index is 0.000000222. The van der Waals surface area contributed by atoms with Gasteiger partial charge in [0.1, 0.15) is 49.4 Å². The van der Waals surface area contributed by atoms with Crippen molar-refractivity contribution in [3.8, 4) is 93.1 Å². The number of aromatic nitrogens is 16. The van der Waals surface area contributed by atoms with Crippen molar-refractivity contribution < 1.29 is 62.7 Å². The number of nitrogens with zero attached hydrogens (tertiary/aromatic N) is 16. The highest BCUT2D eigenvalue weighted by atomic mass is 32.2. The lowest BCUT2D eigenvalue weighted by Crippen LogP contribution is -2.35. The summed E-state index contributed by atoms with van der Waals surface area (Å²) in [4.78, 5) is 41.6. The number of ether oxygens (including phenoxy) is 6. The van der Waals surface area contributed by atoms with Crippen molar-refractivity contribution in [1.29, 1.82) is 0 Å². The van der Waals surface area contributed by atoms with Gasteiger partial charge in [-0.15, -0.1) is 40.8 Å². The number of amides is 2. The molecule has 4 aromatic carbocycles. The van der Waals surface area contributed by atoms with Crippen LogP contribution in [0.3, 0.4) is 0 Å². The van der Waals surface area contributed by atoms with Gasteiger partial charge in [-0.2, -0.15) is 0 Å². The van der Waals surface area contributed by atoms with Crippen molar-refractivity contribution >= 4 is 59.2 Å². The zero-order valence-corrected chi connectivity index (χ0v) is 71.8. The van der Waals surface area contributed by atoms with Crippen LogP contribution in [0.1, 0.15) is 182 Å². The number of aryl methyl sites for hydroxylation is 4. The summed E-state index contributed by atoms with van der Waals surface area (Å²) in [7, 11) is 0. The number of allylic oxidation sites excluding steroid dienone is 2. The van der Waals surface area contributed by atoms with Gasteiger partial charge in [-0.25, -0.2) is 9.59 Å². The van der Waals surface area contributed by atoms with Crippen molar-refractivity contribution in [3.63, 3.8) is 0 Å². The molecule has 4 aliphatic carbocycles. The monoisotopic (exact) mass is 1770 g/mol. The number of urea groups is 1. The third-order valence-electron chi connectivity index (χ3n) is 18.9. The van der Waals surface area contributed by atoms with Gasteiger partial charge >= 0.3 is 12.2 Å². The number of nitrogens with one attached hydrogen (secondary N) is 2. The van der Waals surface area contributed by atoms with Gasteiger partial charge in [-0.05, 0) is 235 Å². The van der Waals surface area contributed by atoms with Gasteiger partial charge in [0.15, 0.2) is 57.1 Å². The van der Waals surface area contributed by atoms with E-state index in [9.17, 15) is 9.59 Å². The Hall–Kier alpha value is -13.1. The first-order valence-electron chi connectivity index (χ1n) is 48.8. The smallest absolute Gasteiger partial charge is 0.486 e. The number of hydrogen-bond donors (Lipinski definition) is 2. The summed E-state index contributed by atoms with van der Waals surface area (Å²) >= 11 is 3.84.